The first-order chi connectivity index (χ1) is 4.63. The molecule has 1 aromatic rings. The third-order valence-corrected chi connectivity index (χ3v) is 2.33. The standard InChI is InChI=1S/C10H14.Zr/c1-7-5-6-8(2)10(4)9(7)3;/h5-6H,1-4H3;. The van der Waals surface area contributed by atoms with E-state index in [9.17, 15) is 0 Å². The SMILES string of the molecule is Cc1ccc(C)c(C)c1C.[Zr]. The molecule has 1 aromatic carbocycles. The molecule has 11 heavy (non-hydrogen) atoms. The third kappa shape index (κ3) is 2.27. The van der Waals surface area contributed by atoms with Crippen molar-refractivity contribution in [1.29, 1.82) is 0 Å². The normalized spacial score (nSPS) is 9.09. The summed E-state index contributed by atoms with van der Waals surface area (Å²) in [6, 6.07) is 4.36. The van der Waals surface area contributed by atoms with Crippen LogP contribution in [0.15, 0.2) is 12.1 Å². The molecular formula is C10H14Zr. The van der Waals surface area contributed by atoms with Crippen molar-refractivity contribution >= 4 is 0 Å². The molecule has 1 rings (SSSR count). The largest absolute Gasteiger partial charge is 0.0588 e. The van der Waals surface area contributed by atoms with Crippen LogP contribution in [-0.4, -0.2) is 0 Å². The van der Waals surface area contributed by atoms with Gasteiger partial charge in [-0.25, -0.2) is 0 Å². The molecule has 0 aromatic heterocycles. The molecule has 1 heteroatoms. The van der Waals surface area contributed by atoms with Crippen molar-refractivity contribution in [3.8, 4) is 0 Å². The molecule has 0 spiro atoms. The zero-order chi connectivity index (χ0) is 7.72. The molecule has 0 radical (unpaired) electrons. The summed E-state index contributed by atoms with van der Waals surface area (Å²) in [5.74, 6) is 0. The number of benzene rings is 1. The van der Waals surface area contributed by atoms with Gasteiger partial charge in [0.05, 0.1) is 0 Å². The minimum atomic E-state index is 0. The Hall–Kier alpha value is 0.103. The molecule has 0 saturated carbocycles. The maximum atomic E-state index is 2.18. The van der Waals surface area contributed by atoms with Gasteiger partial charge in [-0.2, -0.15) is 0 Å². The van der Waals surface area contributed by atoms with E-state index in [4.69, 9.17) is 0 Å². The summed E-state index contributed by atoms with van der Waals surface area (Å²) in [6.07, 6.45) is 0. The van der Waals surface area contributed by atoms with Crippen LogP contribution in [0.25, 0.3) is 0 Å². The Morgan fingerprint density at radius 1 is 0.727 bits per heavy atom. The van der Waals surface area contributed by atoms with E-state index >= 15 is 0 Å². The summed E-state index contributed by atoms with van der Waals surface area (Å²) < 4.78 is 0. The second-order valence-corrected chi connectivity index (χ2v) is 2.95. The summed E-state index contributed by atoms with van der Waals surface area (Å²) in [7, 11) is 0. The summed E-state index contributed by atoms with van der Waals surface area (Å²) in [5, 5.41) is 0. The van der Waals surface area contributed by atoms with Crippen LogP contribution >= 0.6 is 0 Å². The van der Waals surface area contributed by atoms with E-state index in [1.807, 2.05) is 0 Å². The van der Waals surface area contributed by atoms with Crippen molar-refractivity contribution in [1.82, 2.24) is 0 Å². The maximum Gasteiger partial charge on any atom is 0 e. The molecule has 58 valence electrons. The van der Waals surface area contributed by atoms with Gasteiger partial charge in [-0.1, -0.05) is 12.1 Å². The van der Waals surface area contributed by atoms with Crippen LogP contribution in [0.1, 0.15) is 22.3 Å². The van der Waals surface area contributed by atoms with Crippen LogP contribution in [0.4, 0.5) is 0 Å². The Labute approximate surface area is 88.1 Å². The third-order valence-electron chi connectivity index (χ3n) is 2.33. The monoisotopic (exact) mass is 224 g/mol. The first kappa shape index (κ1) is 11.1. The number of hydrogen-bond acceptors (Lipinski definition) is 0. The molecule has 0 atom stereocenters. The first-order valence-corrected chi connectivity index (χ1v) is 3.66. The number of rotatable bonds is 0. The van der Waals surface area contributed by atoms with Gasteiger partial charge in [-0.15, -0.1) is 0 Å². The van der Waals surface area contributed by atoms with Crippen molar-refractivity contribution in [2.45, 2.75) is 27.7 Å². The van der Waals surface area contributed by atoms with Crippen molar-refractivity contribution in [2.75, 3.05) is 0 Å². The molecule has 0 bridgehead atoms. The van der Waals surface area contributed by atoms with Gasteiger partial charge in [0, 0.05) is 26.2 Å². The van der Waals surface area contributed by atoms with Gasteiger partial charge in [-0.05, 0) is 49.9 Å². The van der Waals surface area contributed by atoms with Gasteiger partial charge in [-0.3, -0.25) is 0 Å². The number of hydrogen-bond donors (Lipinski definition) is 0. The van der Waals surface area contributed by atoms with E-state index in [-0.39, 0.29) is 26.2 Å². The van der Waals surface area contributed by atoms with Gasteiger partial charge in [0.25, 0.3) is 0 Å². The summed E-state index contributed by atoms with van der Waals surface area (Å²) >= 11 is 0. The summed E-state index contributed by atoms with van der Waals surface area (Å²) in [5.41, 5.74) is 5.64. The van der Waals surface area contributed by atoms with Crippen LogP contribution in [0.3, 0.4) is 0 Å². The molecule has 0 nitrogen and oxygen atoms in total. The summed E-state index contributed by atoms with van der Waals surface area (Å²) in [6.45, 7) is 8.67. The van der Waals surface area contributed by atoms with Crippen LogP contribution in [0.2, 0.25) is 0 Å². The van der Waals surface area contributed by atoms with E-state index < -0.39 is 0 Å². The minimum absolute atomic E-state index is 0. The predicted molar refractivity (Wildman–Crippen MR) is 45.4 cm³/mol. The molecular weight excluding hydrogens is 211 g/mol. The average Bonchev–Trinajstić information content (AvgIpc) is 1.93. The van der Waals surface area contributed by atoms with Crippen LogP contribution < -0.4 is 0 Å². The van der Waals surface area contributed by atoms with Crippen LogP contribution in [0, 0.1) is 27.7 Å². The Morgan fingerprint density at radius 2 is 1.00 bits per heavy atom. The Bertz CT molecular complexity index is 224. The molecule has 0 heterocycles. The molecule has 0 fully saturated rings. The van der Waals surface area contributed by atoms with Crippen LogP contribution in [-0.2, 0) is 26.2 Å². The van der Waals surface area contributed by atoms with Gasteiger partial charge >= 0.3 is 0 Å². The van der Waals surface area contributed by atoms with Gasteiger partial charge in [0.15, 0.2) is 0 Å². The number of aryl methyl sites for hydroxylation is 2. The van der Waals surface area contributed by atoms with E-state index in [1.165, 1.54) is 22.3 Å². The fourth-order valence-electron chi connectivity index (χ4n) is 1.09. The first-order valence-electron chi connectivity index (χ1n) is 3.66. The molecule has 0 aliphatic rings. The second kappa shape index (κ2) is 4.21. The Kier molecular flexibility index (Phi) is 4.25. The smallest absolute Gasteiger partial charge is 0 e. The van der Waals surface area contributed by atoms with Crippen molar-refractivity contribution in [3.63, 3.8) is 0 Å². The zero-order valence-electron chi connectivity index (χ0n) is 7.65. The van der Waals surface area contributed by atoms with Crippen LogP contribution in [0.5, 0.6) is 0 Å². The summed E-state index contributed by atoms with van der Waals surface area (Å²) in [4.78, 5) is 0. The quantitative estimate of drug-likeness (QED) is 0.637. The van der Waals surface area contributed by atoms with Gasteiger partial charge in [0.1, 0.15) is 0 Å². The van der Waals surface area contributed by atoms with E-state index in [1.54, 1.807) is 0 Å². The predicted octanol–water partition coefficient (Wildman–Crippen LogP) is 2.92. The fourth-order valence-corrected chi connectivity index (χ4v) is 1.09. The maximum absolute atomic E-state index is 2.18. The molecule has 0 unspecified atom stereocenters. The second-order valence-electron chi connectivity index (χ2n) is 2.95. The molecule has 0 N–H and O–H groups in total. The average molecular weight is 225 g/mol. The Balaban J connectivity index is 0.000001000. The van der Waals surface area contributed by atoms with Crippen molar-refractivity contribution in [3.05, 3.63) is 34.4 Å². The zero-order valence-corrected chi connectivity index (χ0v) is 10.1. The molecule has 0 aliphatic carbocycles. The van der Waals surface area contributed by atoms with E-state index in [0.717, 1.165) is 0 Å². The molecule has 0 amide bonds. The van der Waals surface area contributed by atoms with Gasteiger partial charge < -0.3 is 0 Å². The van der Waals surface area contributed by atoms with E-state index in [0.29, 0.717) is 0 Å². The van der Waals surface area contributed by atoms with Crippen molar-refractivity contribution < 1.29 is 26.2 Å². The topological polar surface area (TPSA) is 0 Å². The van der Waals surface area contributed by atoms with E-state index in [2.05, 4.69) is 39.8 Å². The minimum Gasteiger partial charge on any atom is -0.0588 e. The molecule has 0 saturated heterocycles. The van der Waals surface area contributed by atoms with Crippen molar-refractivity contribution in [2.24, 2.45) is 0 Å². The molecule has 0 aliphatic heterocycles. The Morgan fingerprint density at radius 3 is 1.27 bits per heavy atom. The fraction of sp³-hybridized carbons (Fsp3) is 0.400. The van der Waals surface area contributed by atoms with Gasteiger partial charge in [0.2, 0.25) is 0 Å².